The van der Waals surface area contributed by atoms with E-state index in [1.54, 1.807) is 0 Å². The number of nitrogens with zero attached hydrogens (tertiary/aromatic N) is 1. The van der Waals surface area contributed by atoms with E-state index in [-0.39, 0.29) is 10.7 Å². The lowest BCUT2D eigenvalue weighted by Gasteiger charge is -2.06. The summed E-state index contributed by atoms with van der Waals surface area (Å²) in [6, 6.07) is 3.74. The molecule has 102 valence electrons. The first kappa shape index (κ1) is 14.8. The quantitative estimate of drug-likeness (QED) is 0.798. The Morgan fingerprint density at radius 1 is 1.58 bits per heavy atom. The van der Waals surface area contributed by atoms with E-state index in [1.165, 1.54) is 11.3 Å². The average molecular weight is 362 g/mol. The Morgan fingerprint density at radius 3 is 3.00 bits per heavy atom. The number of amides is 1. The Labute approximate surface area is 129 Å². The predicted molar refractivity (Wildman–Crippen MR) is 85.6 cm³/mol. The van der Waals surface area contributed by atoms with Gasteiger partial charge < -0.3 is 5.32 Å². The molecule has 1 N–H and O–H groups in total. The van der Waals surface area contributed by atoms with Crippen LogP contribution in [0.2, 0.25) is 5.02 Å². The Hall–Kier alpha value is -0.650. The number of carbonyl (C=O) groups is 1. The van der Waals surface area contributed by atoms with Crippen molar-refractivity contribution in [3.8, 4) is 0 Å². The topological polar surface area (TPSA) is 42.0 Å². The molecule has 3 nitrogen and oxygen atoms in total. The molecule has 19 heavy (non-hydrogen) atoms. The third kappa shape index (κ3) is 3.46. The van der Waals surface area contributed by atoms with Crippen LogP contribution in [0.15, 0.2) is 12.1 Å². The Kier molecular flexibility index (Phi) is 4.81. The second kappa shape index (κ2) is 6.20. The molecular formula is C13H14BrClN2OS. The zero-order valence-corrected chi connectivity index (χ0v) is 13.8. The van der Waals surface area contributed by atoms with Crippen molar-refractivity contribution in [2.24, 2.45) is 0 Å². The molecule has 1 amide bonds. The van der Waals surface area contributed by atoms with Gasteiger partial charge >= 0.3 is 0 Å². The molecule has 1 heterocycles. The van der Waals surface area contributed by atoms with E-state index in [1.807, 2.05) is 26.0 Å². The molecule has 0 saturated heterocycles. The summed E-state index contributed by atoms with van der Waals surface area (Å²) in [6.07, 6.45) is 1.76. The van der Waals surface area contributed by atoms with E-state index in [9.17, 15) is 4.79 Å². The molecule has 2 rings (SSSR count). The summed E-state index contributed by atoms with van der Waals surface area (Å²) in [6.45, 7) is 4.01. The van der Waals surface area contributed by atoms with Gasteiger partial charge in [-0.1, -0.05) is 52.2 Å². The maximum atomic E-state index is 11.9. The number of anilines is 1. The van der Waals surface area contributed by atoms with Crippen LogP contribution < -0.4 is 5.32 Å². The van der Waals surface area contributed by atoms with Gasteiger partial charge in [-0.2, -0.15) is 0 Å². The van der Waals surface area contributed by atoms with Gasteiger partial charge in [0.2, 0.25) is 5.91 Å². The van der Waals surface area contributed by atoms with E-state index in [0.29, 0.717) is 10.2 Å². The number of rotatable bonds is 4. The van der Waals surface area contributed by atoms with Gasteiger partial charge in [0.05, 0.1) is 15.0 Å². The van der Waals surface area contributed by atoms with Crippen LogP contribution in [0.4, 0.5) is 5.13 Å². The minimum absolute atomic E-state index is 0.0512. The lowest BCUT2D eigenvalue weighted by molar-refractivity contribution is -0.115. The van der Waals surface area contributed by atoms with Crippen LogP contribution >= 0.6 is 38.9 Å². The van der Waals surface area contributed by atoms with E-state index >= 15 is 0 Å². The molecule has 0 unspecified atom stereocenters. The molecule has 0 aliphatic rings. The van der Waals surface area contributed by atoms with E-state index < -0.39 is 0 Å². The van der Waals surface area contributed by atoms with Gasteiger partial charge in [0.15, 0.2) is 5.13 Å². The fourth-order valence-corrected chi connectivity index (χ4v) is 3.67. The molecule has 6 heteroatoms. The lowest BCUT2D eigenvalue weighted by Crippen LogP contribution is -2.22. The fourth-order valence-electron chi connectivity index (χ4n) is 1.78. The van der Waals surface area contributed by atoms with Crippen molar-refractivity contribution in [2.45, 2.75) is 31.5 Å². The molecule has 0 spiro atoms. The number of halogens is 2. The highest BCUT2D eigenvalue weighted by atomic mass is 79.9. The van der Waals surface area contributed by atoms with Crippen LogP contribution in [-0.2, 0) is 4.79 Å². The van der Waals surface area contributed by atoms with Gasteiger partial charge in [-0.3, -0.25) is 4.79 Å². The van der Waals surface area contributed by atoms with Gasteiger partial charge in [0, 0.05) is 5.02 Å². The van der Waals surface area contributed by atoms with E-state index in [2.05, 4.69) is 26.2 Å². The maximum absolute atomic E-state index is 11.9. The van der Waals surface area contributed by atoms with Crippen LogP contribution in [0.25, 0.3) is 10.2 Å². The van der Waals surface area contributed by atoms with Crippen molar-refractivity contribution in [2.75, 3.05) is 5.32 Å². The summed E-state index contributed by atoms with van der Waals surface area (Å²) in [4.78, 5) is 16.2. The second-order valence-corrected chi connectivity index (χ2v) is 6.91. The first-order valence-electron chi connectivity index (χ1n) is 6.03. The third-order valence-electron chi connectivity index (χ3n) is 2.71. The number of thiazole rings is 1. The van der Waals surface area contributed by atoms with Crippen molar-refractivity contribution in [1.82, 2.24) is 4.98 Å². The van der Waals surface area contributed by atoms with Crippen molar-refractivity contribution >= 4 is 60.1 Å². The fraction of sp³-hybridized carbons (Fsp3) is 0.385. The van der Waals surface area contributed by atoms with E-state index in [4.69, 9.17) is 11.6 Å². The van der Waals surface area contributed by atoms with Crippen LogP contribution in [0.3, 0.4) is 0 Å². The van der Waals surface area contributed by atoms with Crippen LogP contribution in [0.5, 0.6) is 0 Å². The van der Waals surface area contributed by atoms with Crippen LogP contribution in [0.1, 0.15) is 25.3 Å². The minimum atomic E-state index is -0.172. The zero-order valence-electron chi connectivity index (χ0n) is 10.7. The summed E-state index contributed by atoms with van der Waals surface area (Å²) in [7, 11) is 0. The number of alkyl halides is 1. The highest BCUT2D eigenvalue weighted by Crippen LogP contribution is 2.31. The first-order chi connectivity index (χ1) is 9.01. The monoisotopic (exact) mass is 360 g/mol. The van der Waals surface area contributed by atoms with Crippen molar-refractivity contribution < 1.29 is 4.79 Å². The normalized spacial score (nSPS) is 12.6. The zero-order chi connectivity index (χ0) is 14.0. The number of aromatic nitrogens is 1. The Morgan fingerprint density at radius 2 is 2.32 bits per heavy atom. The van der Waals surface area contributed by atoms with Gasteiger partial charge in [-0.15, -0.1) is 0 Å². The number of carbonyl (C=O) groups excluding carboxylic acids is 1. The Balaban J connectivity index is 2.22. The lowest BCUT2D eigenvalue weighted by atomic mass is 10.2. The molecule has 1 aromatic heterocycles. The van der Waals surface area contributed by atoms with Crippen LogP contribution in [-0.4, -0.2) is 15.7 Å². The van der Waals surface area contributed by atoms with Crippen LogP contribution in [0, 0.1) is 6.92 Å². The molecule has 2 aromatic rings. The number of benzene rings is 1. The maximum Gasteiger partial charge on any atom is 0.239 e. The molecule has 1 aromatic carbocycles. The van der Waals surface area contributed by atoms with Gasteiger partial charge in [0.25, 0.3) is 0 Å². The van der Waals surface area contributed by atoms with Gasteiger partial charge in [-0.25, -0.2) is 4.98 Å². The molecular weight excluding hydrogens is 348 g/mol. The largest absolute Gasteiger partial charge is 0.301 e. The number of hydrogen-bond donors (Lipinski definition) is 1. The summed E-state index contributed by atoms with van der Waals surface area (Å²) < 4.78 is 0.988. The molecule has 0 saturated carbocycles. The Bertz CT molecular complexity index is 614. The summed E-state index contributed by atoms with van der Waals surface area (Å²) in [5, 5.41) is 4.15. The third-order valence-corrected chi connectivity index (χ3v) is 4.72. The number of nitrogens with one attached hydrogen (secondary N) is 1. The molecule has 0 bridgehead atoms. The summed E-state index contributed by atoms with van der Waals surface area (Å²) in [5.41, 5.74) is 1.91. The predicted octanol–water partition coefficient (Wildman–Crippen LogP) is 4.76. The smallest absolute Gasteiger partial charge is 0.239 e. The molecule has 1 atom stereocenters. The number of aryl methyl sites for hydroxylation is 1. The average Bonchev–Trinajstić information content (AvgIpc) is 2.72. The van der Waals surface area contributed by atoms with Crippen molar-refractivity contribution in [3.05, 3.63) is 22.7 Å². The molecule has 0 radical (unpaired) electrons. The number of hydrogen-bond acceptors (Lipinski definition) is 3. The molecule has 0 aliphatic heterocycles. The SMILES string of the molecule is CCC[C@H](Br)C(=O)Nc1nc2c(C)cc(Cl)cc2s1. The van der Waals surface area contributed by atoms with Gasteiger partial charge in [-0.05, 0) is 31.0 Å². The summed E-state index contributed by atoms with van der Waals surface area (Å²) >= 11 is 10.8. The summed E-state index contributed by atoms with van der Waals surface area (Å²) in [5.74, 6) is -0.0512. The molecule has 0 aliphatic carbocycles. The first-order valence-corrected chi connectivity index (χ1v) is 8.14. The van der Waals surface area contributed by atoms with Crippen molar-refractivity contribution in [1.29, 1.82) is 0 Å². The highest BCUT2D eigenvalue weighted by Gasteiger charge is 2.16. The standard InChI is InChI=1S/C13H14BrClN2OS/c1-3-4-9(14)12(18)17-13-16-11-7(2)5-8(15)6-10(11)19-13/h5-6,9H,3-4H2,1-2H3,(H,16,17,18)/t9-/m0/s1. The second-order valence-electron chi connectivity index (χ2n) is 4.33. The highest BCUT2D eigenvalue weighted by molar-refractivity contribution is 9.10. The van der Waals surface area contributed by atoms with Crippen molar-refractivity contribution in [3.63, 3.8) is 0 Å². The minimum Gasteiger partial charge on any atom is -0.301 e. The van der Waals surface area contributed by atoms with Gasteiger partial charge in [0.1, 0.15) is 0 Å². The number of fused-ring (bicyclic) bond motifs is 1. The van der Waals surface area contributed by atoms with E-state index in [0.717, 1.165) is 28.6 Å². The molecule has 0 fully saturated rings.